The smallest absolute Gasteiger partial charge is 0.324 e. The molecule has 4 N–H and O–H groups in total. The van der Waals surface area contributed by atoms with Gasteiger partial charge in [0.15, 0.2) is 0 Å². The van der Waals surface area contributed by atoms with Gasteiger partial charge in [-0.1, -0.05) is 26.8 Å². The topological polar surface area (TPSA) is 122 Å². The van der Waals surface area contributed by atoms with Crippen molar-refractivity contribution in [1.29, 1.82) is 0 Å². The van der Waals surface area contributed by atoms with Crippen LogP contribution >= 0.6 is 12.4 Å². The lowest BCUT2D eigenvalue weighted by Gasteiger charge is -2.18. The molecule has 5 rings (SSSR count). The van der Waals surface area contributed by atoms with E-state index in [1.807, 2.05) is 32.9 Å². The molecule has 12 heteroatoms. The summed E-state index contributed by atoms with van der Waals surface area (Å²) in [4.78, 5) is 28.8. The van der Waals surface area contributed by atoms with Crippen molar-refractivity contribution in [3.8, 4) is 17.2 Å². The number of fused-ring (bicyclic) bond motifs is 1. The molecule has 0 bridgehead atoms. The lowest BCUT2D eigenvalue weighted by atomic mass is 9.92. The van der Waals surface area contributed by atoms with Gasteiger partial charge in [0.2, 0.25) is 0 Å². The van der Waals surface area contributed by atoms with E-state index in [4.69, 9.17) is 9.84 Å². The Balaban J connectivity index is 0.00000405. The second-order valence-corrected chi connectivity index (χ2v) is 10.7. The summed E-state index contributed by atoms with van der Waals surface area (Å²) in [6, 6.07) is 14.4. The van der Waals surface area contributed by atoms with Crippen molar-refractivity contribution >= 4 is 35.9 Å². The van der Waals surface area contributed by atoms with Gasteiger partial charge in [0, 0.05) is 43.4 Å². The molecule has 220 valence electrons. The average Bonchev–Trinajstić information content (AvgIpc) is 3.38. The van der Waals surface area contributed by atoms with E-state index < -0.39 is 11.8 Å². The van der Waals surface area contributed by atoms with Gasteiger partial charge < -0.3 is 20.7 Å². The van der Waals surface area contributed by atoms with Gasteiger partial charge in [0.05, 0.1) is 17.1 Å². The third-order valence-electron chi connectivity index (χ3n) is 6.66. The van der Waals surface area contributed by atoms with Gasteiger partial charge in [-0.25, -0.2) is 13.9 Å². The van der Waals surface area contributed by atoms with Crippen LogP contribution in [0.3, 0.4) is 0 Å². The van der Waals surface area contributed by atoms with E-state index in [-0.39, 0.29) is 40.9 Å². The number of urea groups is 1. The van der Waals surface area contributed by atoms with Gasteiger partial charge in [-0.3, -0.25) is 15.1 Å². The van der Waals surface area contributed by atoms with Crippen molar-refractivity contribution in [2.45, 2.75) is 39.2 Å². The number of amides is 3. The number of pyridine rings is 1. The first kappa shape index (κ1) is 30.5. The molecule has 3 heterocycles. The quantitative estimate of drug-likeness (QED) is 0.232. The van der Waals surface area contributed by atoms with Crippen LogP contribution in [0.1, 0.15) is 48.1 Å². The van der Waals surface area contributed by atoms with Crippen molar-refractivity contribution in [3.05, 3.63) is 89.1 Å². The van der Waals surface area contributed by atoms with E-state index in [1.54, 1.807) is 10.7 Å². The molecule has 0 atom stereocenters. The number of benzene rings is 2. The Bertz CT molecular complexity index is 1620. The summed E-state index contributed by atoms with van der Waals surface area (Å²) < 4.78 is 22.3. The molecule has 4 aromatic rings. The Morgan fingerprint density at radius 2 is 1.79 bits per heavy atom. The minimum absolute atomic E-state index is 0. The molecule has 1 aliphatic heterocycles. The fraction of sp³-hybridized carbons (Fsp3) is 0.267. The maximum atomic E-state index is 15.0. The van der Waals surface area contributed by atoms with Crippen molar-refractivity contribution in [3.63, 3.8) is 0 Å². The van der Waals surface area contributed by atoms with Crippen LogP contribution in [0.4, 0.5) is 20.7 Å². The number of nitrogens with one attached hydrogen (secondary N) is 4. The highest BCUT2D eigenvalue weighted by atomic mass is 35.5. The molecule has 2 aromatic carbocycles. The zero-order valence-electron chi connectivity index (χ0n) is 23.7. The number of hydrogen-bond acceptors (Lipinski definition) is 6. The fourth-order valence-electron chi connectivity index (χ4n) is 4.42. The van der Waals surface area contributed by atoms with Gasteiger partial charge in [0.25, 0.3) is 5.91 Å². The number of aromatic nitrogens is 3. The van der Waals surface area contributed by atoms with Crippen LogP contribution < -0.4 is 26.0 Å². The number of hydrogen-bond donors (Lipinski definition) is 4. The Hall–Kier alpha value is -4.48. The summed E-state index contributed by atoms with van der Waals surface area (Å²) in [5, 5.41) is 16.0. The Morgan fingerprint density at radius 1 is 1.00 bits per heavy atom. The SMILES string of the molecule is CNC(=O)c1cc(Oc2ccc(NC(=O)Nc3cc(C(C)(C)C)nn3-c3ccc4c(c3)CCNC4)c(F)c2)ccn1.Cl. The maximum Gasteiger partial charge on any atom is 0.324 e. The molecule has 0 aliphatic carbocycles. The van der Waals surface area contributed by atoms with Crippen molar-refractivity contribution in [1.82, 2.24) is 25.4 Å². The highest BCUT2D eigenvalue weighted by Crippen LogP contribution is 2.29. The Kier molecular flexibility index (Phi) is 9.13. The fourth-order valence-corrected chi connectivity index (χ4v) is 4.42. The lowest BCUT2D eigenvalue weighted by Crippen LogP contribution is -2.24. The molecule has 0 fully saturated rings. The molecule has 1 aliphatic rings. The van der Waals surface area contributed by atoms with Crippen molar-refractivity contribution in [2.24, 2.45) is 0 Å². The van der Waals surface area contributed by atoms with Crippen LogP contribution in [-0.4, -0.2) is 40.3 Å². The van der Waals surface area contributed by atoms with E-state index in [2.05, 4.69) is 38.4 Å². The molecular weight excluding hydrogens is 561 g/mol. The van der Waals surface area contributed by atoms with Crippen LogP contribution in [0.15, 0.2) is 60.8 Å². The monoisotopic (exact) mass is 593 g/mol. The molecule has 0 saturated heterocycles. The number of halogens is 2. The standard InChI is InChI=1S/C30H32FN7O3.ClH/c1-30(2,3)26-16-27(38(37-26)20-6-5-19-17-33-11-9-18(19)13-20)36-29(40)35-24-8-7-21(14-23(24)31)41-22-10-12-34-25(15-22)28(39)32-4;/h5-8,10,12-16,33H,9,11,17H2,1-4H3,(H,32,39)(H2,35,36,40);1H. The highest BCUT2D eigenvalue weighted by Gasteiger charge is 2.22. The first-order valence-electron chi connectivity index (χ1n) is 13.3. The predicted octanol–water partition coefficient (Wildman–Crippen LogP) is 5.57. The van der Waals surface area contributed by atoms with Gasteiger partial charge >= 0.3 is 6.03 Å². The van der Waals surface area contributed by atoms with E-state index in [0.29, 0.717) is 11.6 Å². The summed E-state index contributed by atoms with van der Waals surface area (Å²) in [5.74, 6) is -0.0837. The largest absolute Gasteiger partial charge is 0.457 e. The van der Waals surface area contributed by atoms with Crippen molar-refractivity contribution < 1.29 is 18.7 Å². The number of rotatable bonds is 6. The first-order valence-corrected chi connectivity index (χ1v) is 13.3. The van der Waals surface area contributed by atoms with E-state index in [0.717, 1.165) is 37.0 Å². The van der Waals surface area contributed by atoms with E-state index in [1.165, 1.54) is 42.6 Å². The molecular formula is C30H33ClFN7O3. The normalized spacial score (nSPS) is 12.5. The average molecular weight is 594 g/mol. The minimum atomic E-state index is -0.689. The van der Waals surface area contributed by atoms with Crippen molar-refractivity contribution in [2.75, 3.05) is 24.2 Å². The molecule has 0 radical (unpaired) electrons. The molecule has 0 saturated carbocycles. The van der Waals surface area contributed by atoms with E-state index >= 15 is 0 Å². The third-order valence-corrected chi connectivity index (χ3v) is 6.66. The number of carbonyl (C=O) groups excluding carboxylic acids is 2. The summed E-state index contributed by atoms with van der Waals surface area (Å²) in [6.45, 7) is 7.88. The van der Waals surface area contributed by atoms with E-state index in [9.17, 15) is 14.0 Å². The maximum absolute atomic E-state index is 15.0. The molecule has 42 heavy (non-hydrogen) atoms. The molecule has 10 nitrogen and oxygen atoms in total. The zero-order valence-corrected chi connectivity index (χ0v) is 24.6. The van der Waals surface area contributed by atoms with Crippen LogP contribution in [0.2, 0.25) is 0 Å². The lowest BCUT2D eigenvalue weighted by molar-refractivity contribution is 0.0957. The molecule has 3 amide bonds. The second-order valence-electron chi connectivity index (χ2n) is 10.7. The van der Waals surface area contributed by atoms with Gasteiger partial charge in [0.1, 0.15) is 28.8 Å². The Morgan fingerprint density at radius 3 is 2.52 bits per heavy atom. The summed E-state index contributed by atoms with van der Waals surface area (Å²) >= 11 is 0. The molecule has 2 aromatic heterocycles. The third kappa shape index (κ3) is 6.87. The summed E-state index contributed by atoms with van der Waals surface area (Å²) in [7, 11) is 1.50. The zero-order chi connectivity index (χ0) is 29.1. The molecule has 0 spiro atoms. The summed E-state index contributed by atoms with van der Waals surface area (Å²) in [6.07, 6.45) is 2.34. The van der Waals surface area contributed by atoms with Gasteiger partial charge in [-0.2, -0.15) is 5.10 Å². The molecule has 0 unspecified atom stereocenters. The van der Waals surface area contributed by atoms with Gasteiger partial charge in [-0.15, -0.1) is 12.4 Å². The second kappa shape index (κ2) is 12.6. The van der Waals surface area contributed by atoms with Crippen LogP contribution in [0.5, 0.6) is 11.5 Å². The minimum Gasteiger partial charge on any atom is -0.457 e. The van der Waals surface area contributed by atoms with Crippen LogP contribution in [-0.2, 0) is 18.4 Å². The summed E-state index contributed by atoms with van der Waals surface area (Å²) in [5.41, 5.74) is 4.00. The number of nitrogens with zero attached hydrogens (tertiary/aromatic N) is 3. The Labute approximate surface area is 249 Å². The number of anilines is 2. The highest BCUT2D eigenvalue weighted by molar-refractivity contribution is 5.99. The first-order chi connectivity index (χ1) is 19.6. The number of carbonyl (C=O) groups is 2. The number of ether oxygens (including phenoxy) is 1. The van der Waals surface area contributed by atoms with Crippen LogP contribution in [0.25, 0.3) is 5.69 Å². The van der Waals surface area contributed by atoms with Gasteiger partial charge in [-0.05, 0) is 54.4 Å². The predicted molar refractivity (Wildman–Crippen MR) is 162 cm³/mol. The van der Waals surface area contributed by atoms with Crippen LogP contribution in [0, 0.1) is 5.82 Å².